The van der Waals surface area contributed by atoms with Gasteiger partial charge in [0.2, 0.25) is 25.8 Å². The van der Waals surface area contributed by atoms with Crippen molar-refractivity contribution in [3.63, 3.8) is 0 Å². The number of methoxy groups -OCH3 is 1. The smallest absolute Gasteiger partial charge is 0.318 e. The van der Waals surface area contributed by atoms with E-state index in [1.165, 1.54) is 6.92 Å². The number of hydrogen-bond donors (Lipinski definition) is 1. The Morgan fingerprint density at radius 3 is 2.26 bits per heavy atom. The van der Waals surface area contributed by atoms with E-state index in [-0.39, 0.29) is 37.2 Å². The molecule has 1 heterocycles. The van der Waals surface area contributed by atoms with Crippen LogP contribution in [0.1, 0.15) is 25.3 Å². The Morgan fingerprint density at radius 1 is 1.30 bits per heavy atom. The number of nitro groups is 1. The second kappa shape index (κ2) is 7.30. The summed E-state index contributed by atoms with van der Waals surface area (Å²) in [5, 5.41) is 16.6. The van der Waals surface area contributed by atoms with Crippen LogP contribution in [0.3, 0.4) is 0 Å². The molecular weight excluding hydrogens is 405 g/mol. The molecule has 1 aromatic rings. The number of halogens is 1. The van der Waals surface area contributed by atoms with Crippen molar-refractivity contribution in [1.82, 2.24) is 4.31 Å². The maximum Gasteiger partial charge on any atom is 0.318 e. The van der Waals surface area contributed by atoms with Crippen LogP contribution in [0, 0.1) is 10.1 Å². The second-order valence-corrected chi connectivity index (χ2v) is 9.85. The van der Waals surface area contributed by atoms with E-state index in [1.807, 2.05) is 0 Å². The van der Waals surface area contributed by atoms with Crippen molar-refractivity contribution in [3.05, 3.63) is 27.8 Å². The number of benzene rings is 1. The largest absolute Gasteiger partial charge is 0.489 e. The van der Waals surface area contributed by atoms with Crippen LogP contribution >= 0.6 is 0 Å². The van der Waals surface area contributed by atoms with Crippen molar-refractivity contribution >= 4 is 25.7 Å². The van der Waals surface area contributed by atoms with Crippen molar-refractivity contribution in [1.29, 1.82) is 0 Å². The molecule has 0 spiro atoms. The highest BCUT2D eigenvalue weighted by Gasteiger charge is 2.45. The zero-order valence-electron chi connectivity index (χ0n) is 14.7. The molecule has 0 aliphatic carbocycles. The van der Waals surface area contributed by atoms with Gasteiger partial charge in [0.25, 0.3) is 0 Å². The molecule has 2 rings (SSSR count). The molecule has 27 heavy (non-hydrogen) atoms. The second-order valence-electron chi connectivity index (χ2n) is 6.06. The van der Waals surface area contributed by atoms with Gasteiger partial charge in [-0.25, -0.2) is 30.7 Å². The number of nitrogens with zero attached hydrogens (tertiary/aromatic N) is 2. The highest BCUT2D eigenvalue weighted by molar-refractivity contribution is 7.89. The average molecular weight is 425 g/mol. The lowest BCUT2D eigenvalue weighted by atomic mass is 9.85. The molecule has 0 atom stereocenters. The topological polar surface area (TPSA) is 150 Å². The fourth-order valence-corrected chi connectivity index (χ4v) is 4.89. The first-order chi connectivity index (χ1) is 12.4. The number of nitro benzene ring substituents is 1. The number of primary sulfonamides is 1. The SMILES string of the molecule is CCS(=O)(=O)N1CCC(F)(c2ccc(S(N)(=O)=O)c(OC)c2[N+](=O)[O-])CC1. The van der Waals surface area contributed by atoms with Crippen molar-refractivity contribution in [3.8, 4) is 5.75 Å². The van der Waals surface area contributed by atoms with E-state index in [4.69, 9.17) is 9.88 Å². The summed E-state index contributed by atoms with van der Waals surface area (Å²) in [5.74, 6) is -0.788. The van der Waals surface area contributed by atoms with Gasteiger partial charge in [-0.1, -0.05) is 0 Å². The Bertz CT molecular complexity index is 955. The summed E-state index contributed by atoms with van der Waals surface area (Å²) in [7, 11) is -6.83. The molecule has 1 aliphatic rings. The fourth-order valence-electron chi connectivity index (χ4n) is 3.09. The molecule has 0 aromatic heterocycles. The summed E-state index contributed by atoms with van der Waals surface area (Å²) < 4.78 is 68.7. The van der Waals surface area contributed by atoms with Gasteiger partial charge in [-0.2, -0.15) is 0 Å². The summed E-state index contributed by atoms with van der Waals surface area (Å²) >= 11 is 0. The molecule has 1 aliphatic heterocycles. The number of hydrogen-bond acceptors (Lipinski definition) is 7. The molecule has 13 heteroatoms. The van der Waals surface area contributed by atoms with Crippen molar-refractivity contribution in [2.45, 2.75) is 30.3 Å². The van der Waals surface area contributed by atoms with Gasteiger partial charge in [0.15, 0.2) is 0 Å². The third kappa shape index (κ3) is 4.05. The number of sulfonamides is 2. The van der Waals surface area contributed by atoms with Crippen LogP contribution in [0.25, 0.3) is 0 Å². The van der Waals surface area contributed by atoms with E-state index in [9.17, 15) is 26.9 Å². The molecule has 2 N–H and O–H groups in total. The lowest BCUT2D eigenvalue weighted by molar-refractivity contribution is -0.387. The van der Waals surface area contributed by atoms with Gasteiger partial charge in [-0.3, -0.25) is 10.1 Å². The summed E-state index contributed by atoms with van der Waals surface area (Å²) in [6, 6.07) is 1.94. The number of rotatable bonds is 6. The van der Waals surface area contributed by atoms with Crippen LogP contribution in [0.15, 0.2) is 17.0 Å². The maximum atomic E-state index is 15.6. The Kier molecular flexibility index (Phi) is 5.80. The Hall–Kier alpha value is -1.83. The number of piperidine rings is 1. The summed E-state index contributed by atoms with van der Waals surface area (Å²) in [6.45, 7) is 1.17. The molecule has 1 aromatic carbocycles. The third-order valence-corrected chi connectivity index (χ3v) is 7.36. The Labute approximate surface area is 156 Å². The van der Waals surface area contributed by atoms with Gasteiger partial charge in [0, 0.05) is 13.1 Å². The van der Waals surface area contributed by atoms with E-state index >= 15 is 4.39 Å². The molecule has 152 valence electrons. The van der Waals surface area contributed by atoms with Gasteiger partial charge >= 0.3 is 5.69 Å². The van der Waals surface area contributed by atoms with Crippen LogP contribution < -0.4 is 9.88 Å². The van der Waals surface area contributed by atoms with E-state index in [2.05, 4.69) is 0 Å². The first-order valence-electron chi connectivity index (χ1n) is 7.93. The highest BCUT2D eigenvalue weighted by Crippen LogP contribution is 2.47. The summed E-state index contributed by atoms with van der Waals surface area (Å²) in [4.78, 5) is 9.99. The molecule has 0 saturated carbocycles. The van der Waals surface area contributed by atoms with Gasteiger partial charge in [0.05, 0.1) is 23.3 Å². The van der Waals surface area contributed by atoms with Crippen molar-refractivity contribution < 1.29 is 30.9 Å². The lowest BCUT2D eigenvalue weighted by Crippen LogP contribution is -2.44. The van der Waals surface area contributed by atoms with Gasteiger partial charge in [-0.15, -0.1) is 0 Å². The fraction of sp³-hybridized carbons (Fsp3) is 0.571. The minimum absolute atomic E-state index is 0.136. The third-order valence-electron chi connectivity index (χ3n) is 4.54. The van der Waals surface area contributed by atoms with E-state index in [0.717, 1.165) is 23.5 Å². The molecule has 0 radical (unpaired) electrons. The number of alkyl halides is 1. The molecule has 1 fully saturated rings. The zero-order valence-corrected chi connectivity index (χ0v) is 16.3. The monoisotopic (exact) mass is 425 g/mol. The molecule has 10 nitrogen and oxygen atoms in total. The predicted octanol–water partition coefficient (Wildman–Crippen LogP) is 0.861. The standard InChI is InChI=1S/C14H20FN3O7S2/c1-3-26(21,22)17-8-6-14(15,7-9-17)10-4-5-11(27(16,23)24)13(25-2)12(10)18(19)20/h4-5H,3,6-9H2,1-2H3,(H2,16,23,24). The van der Waals surface area contributed by atoms with Gasteiger partial charge < -0.3 is 4.74 Å². The normalized spacial score (nSPS) is 18.2. The van der Waals surface area contributed by atoms with Crippen molar-refractivity contribution in [2.75, 3.05) is 26.0 Å². The van der Waals surface area contributed by atoms with E-state index in [0.29, 0.717) is 0 Å². The maximum absolute atomic E-state index is 15.6. The Morgan fingerprint density at radius 2 is 1.85 bits per heavy atom. The summed E-state index contributed by atoms with van der Waals surface area (Å²) in [5.41, 5.74) is -3.42. The molecule has 1 saturated heterocycles. The number of ether oxygens (including phenoxy) is 1. The predicted molar refractivity (Wildman–Crippen MR) is 94.1 cm³/mol. The minimum atomic E-state index is -4.34. The molecule has 0 bridgehead atoms. The van der Waals surface area contributed by atoms with Crippen LogP contribution in [-0.2, 0) is 25.7 Å². The minimum Gasteiger partial charge on any atom is -0.489 e. The van der Waals surface area contributed by atoms with Gasteiger partial charge in [-0.05, 0) is 31.9 Å². The van der Waals surface area contributed by atoms with E-state index in [1.54, 1.807) is 0 Å². The zero-order chi connectivity index (χ0) is 20.6. The lowest BCUT2D eigenvalue weighted by Gasteiger charge is -2.35. The van der Waals surface area contributed by atoms with Crippen LogP contribution in [0.4, 0.5) is 10.1 Å². The van der Waals surface area contributed by atoms with Crippen LogP contribution in [0.2, 0.25) is 0 Å². The van der Waals surface area contributed by atoms with E-state index < -0.39 is 47.0 Å². The Balaban J connectivity index is 2.55. The van der Waals surface area contributed by atoms with Crippen LogP contribution in [-0.4, -0.2) is 52.0 Å². The molecule has 0 amide bonds. The van der Waals surface area contributed by atoms with Crippen molar-refractivity contribution in [2.24, 2.45) is 5.14 Å². The average Bonchev–Trinajstić information content (AvgIpc) is 2.59. The quantitative estimate of drug-likeness (QED) is 0.524. The molecular formula is C14H20FN3O7S2. The highest BCUT2D eigenvalue weighted by atomic mass is 32.2. The first kappa shape index (κ1) is 21.5. The summed E-state index contributed by atoms with van der Waals surface area (Å²) in [6.07, 6.45) is -0.629. The first-order valence-corrected chi connectivity index (χ1v) is 11.1. The van der Waals surface area contributed by atoms with Crippen LogP contribution in [0.5, 0.6) is 5.75 Å². The number of nitrogens with two attached hydrogens (primary N) is 1. The van der Waals surface area contributed by atoms with Gasteiger partial charge in [0.1, 0.15) is 10.6 Å². The molecule has 0 unspecified atom stereocenters.